The Bertz CT molecular complexity index is 460. The Kier molecular flexibility index (Phi) is 4.11. The smallest absolute Gasteiger partial charge is 0.243 e. The molecule has 0 radical (unpaired) electrons. The van der Waals surface area contributed by atoms with E-state index in [-0.39, 0.29) is 6.04 Å². The van der Waals surface area contributed by atoms with Gasteiger partial charge < -0.3 is 10.3 Å². The summed E-state index contributed by atoms with van der Waals surface area (Å²) < 4.78 is 5.15. The lowest BCUT2D eigenvalue weighted by Crippen LogP contribution is -2.11. The van der Waals surface area contributed by atoms with E-state index in [1.54, 1.807) is 24.2 Å². The summed E-state index contributed by atoms with van der Waals surface area (Å²) in [6.45, 7) is 0. The van der Waals surface area contributed by atoms with Gasteiger partial charge in [0.05, 0.1) is 6.04 Å². The van der Waals surface area contributed by atoms with Gasteiger partial charge in [-0.2, -0.15) is 16.7 Å². The molecule has 2 aromatic heterocycles. The number of rotatable bonds is 5. The van der Waals surface area contributed by atoms with Crippen molar-refractivity contribution in [3.05, 3.63) is 30.4 Å². The van der Waals surface area contributed by atoms with Crippen molar-refractivity contribution in [1.82, 2.24) is 15.1 Å². The lowest BCUT2D eigenvalue weighted by molar-refractivity contribution is 0.353. The molecule has 0 aromatic carbocycles. The normalized spacial score (nSPS) is 12.6. The van der Waals surface area contributed by atoms with E-state index in [2.05, 4.69) is 15.1 Å². The first-order valence-electron chi connectivity index (χ1n) is 5.30. The van der Waals surface area contributed by atoms with E-state index < -0.39 is 0 Å². The van der Waals surface area contributed by atoms with Crippen LogP contribution in [0.4, 0.5) is 0 Å². The van der Waals surface area contributed by atoms with Crippen LogP contribution in [0.25, 0.3) is 11.4 Å². The summed E-state index contributed by atoms with van der Waals surface area (Å²) >= 11 is 1.75. The summed E-state index contributed by atoms with van der Waals surface area (Å²) in [5.41, 5.74) is 6.78. The van der Waals surface area contributed by atoms with Gasteiger partial charge in [0.25, 0.3) is 0 Å². The Morgan fingerprint density at radius 1 is 1.53 bits per heavy atom. The molecule has 0 saturated carbocycles. The van der Waals surface area contributed by atoms with Crippen molar-refractivity contribution in [3.8, 4) is 11.4 Å². The highest BCUT2D eigenvalue weighted by Crippen LogP contribution is 2.18. The third-order valence-electron chi connectivity index (χ3n) is 2.31. The zero-order valence-corrected chi connectivity index (χ0v) is 10.4. The number of thioether (sulfide) groups is 1. The molecule has 0 aliphatic carbocycles. The van der Waals surface area contributed by atoms with Crippen molar-refractivity contribution in [1.29, 1.82) is 0 Å². The third kappa shape index (κ3) is 3.04. The van der Waals surface area contributed by atoms with Gasteiger partial charge in [-0.05, 0) is 30.6 Å². The van der Waals surface area contributed by atoms with Gasteiger partial charge in [-0.3, -0.25) is 4.98 Å². The van der Waals surface area contributed by atoms with E-state index in [1.807, 2.05) is 18.4 Å². The Morgan fingerprint density at radius 3 is 3.12 bits per heavy atom. The molecule has 0 amide bonds. The second-order valence-electron chi connectivity index (χ2n) is 3.59. The van der Waals surface area contributed by atoms with Crippen LogP contribution in [0.5, 0.6) is 0 Å². The fourth-order valence-electron chi connectivity index (χ4n) is 1.37. The van der Waals surface area contributed by atoms with Crippen LogP contribution in [0.3, 0.4) is 0 Å². The van der Waals surface area contributed by atoms with E-state index >= 15 is 0 Å². The molecule has 2 heterocycles. The zero-order chi connectivity index (χ0) is 12.1. The van der Waals surface area contributed by atoms with Gasteiger partial charge in [0.2, 0.25) is 11.7 Å². The molecule has 17 heavy (non-hydrogen) atoms. The maximum absolute atomic E-state index is 5.95. The molecule has 90 valence electrons. The maximum atomic E-state index is 5.95. The standard InChI is InChI=1S/C11H14N4OS/c1-17-6-4-9(12)11-14-10(15-16-11)8-3-2-5-13-7-8/h2-3,5,7,9H,4,6,12H2,1H3/t9-/m1/s1. The number of pyridine rings is 1. The van der Waals surface area contributed by atoms with Gasteiger partial charge in [0.1, 0.15) is 0 Å². The van der Waals surface area contributed by atoms with Crippen molar-refractivity contribution >= 4 is 11.8 Å². The highest BCUT2D eigenvalue weighted by molar-refractivity contribution is 7.98. The number of aromatic nitrogens is 3. The summed E-state index contributed by atoms with van der Waals surface area (Å²) in [4.78, 5) is 8.29. The lowest BCUT2D eigenvalue weighted by Gasteiger charge is -2.03. The molecule has 0 unspecified atom stereocenters. The molecule has 2 aromatic rings. The minimum Gasteiger partial charge on any atom is -0.337 e. The number of hydrogen-bond acceptors (Lipinski definition) is 6. The highest BCUT2D eigenvalue weighted by atomic mass is 32.2. The fraction of sp³-hybridized carbons (Fsp3) is 0.364. The van der Waals surface area contributed by atoms with Crippen molar-refractivity contribution in [2.75, 3.05) is 12.0 Å². The van der Waals surface area contributed by atoms with Crippen LogP contribution in [-0.2, 0) is 0 Å². The second-order valence-corrected chi connectivity index (χ2v) is 4.57. The molecule has 0 spiro atoms. The van der Waals surface area contributed by atoms with E-state index in [4.69, 9.17) is 10.3 Å². The van der Waals surface area contributed by atoms with Crippen LogP contribution in [0, 0.1) is 0 Å². The molecule has 0 aliphatic heterocycles. The van der Waals surface area contributed by atoms with Gasteiger partial charge in [-0.15, -0.1) is 0 Å². The molecular weight excluding hydrogens is 236 g/mol. The molecule has 0 fully saturated rings. The average Bonchev–Trinajstić information content (AvgIpc) is 2.86. The summed E-state index contributed by atoms with van der Waals surface area (Å²) in [6, 6.07) is 3.52. The molecule has 5 nitrogen and oxygen atoms in total. The Balaban J connectivity index is 2.11. The Hall–Kier alpha value is -1.40. The van der Waals surface area contributed by atoms with Crippen LogP contribution in [0.2, 0.25) is 0 Å². The minimum atomic E-state index is -0.194. The van der Waals surface area contributed by atoms with Crippen molar-refractivity contribution in [2.45, 2.75) is 12.5 Å². The predicted octanol–water partition coefficient (Wildman–Crippen LogP) is 1.88. The molecule has 6 heteroatoms. The van der Waals surface area contributed by atoms with Crippen LogP contribution in [0.15, 0.2) is 29.0 Å². The molecule has 1 atom stereocenters. The average molecular weight is 250 g/mol. The molecule has 0 aliphatic rings. The van der Waals surface area contributed by atoms with Gasteiger partial charge in [-0.1, -0.05) is 5.16 Å². The van der Waals surface area contributed by atoms with Crippen molar-refractivity contribution < 1.29 is 4.52 Å². The van der Waals surface area contributed by atoms with Gasteiger partial charge >= 0.3 is 0 Å². The maximum Gasteiger partial charge on any atom is 0.243 e. The lowest BCUT2D eigenvalue weighted by atomic mass is 10.2. The molecule has 0 saturated heterocycles. The summed E-state index contributed by atoms with van der Waals surface area (Å²) in [5, 5.41) is 3.90. The quantitative estimate of drug-likeness (QED) is 0.873. The SMILES string of the molecule is CSCC[C@@H](N)c1nc(-c2cccnc2)no1. The Labute approximate surface area is 104 Å². The summed E-state index contributed by atoms with van der Waals surface area (Å²) in [6.07, 6.45) is 6.27. The number of nitrogens with two attached hydrogens (primary N) is 1. The van der Waals surface area contributed by atoms with E-state index in [9.17, 15) is 0 Å². The number of hydrogen-bond donors (Lipinski definition) is 1. The van der Waals surface area contributed by atoms with Gasteiger partial charge in [-0.25, -0.2) is 0 Å². The Morgan fingerprint density at radius 2 is 2.41 bits per heavy atom. The van der Waals surface area contributed by atoms with Crippen LogP contribution >= 0.6 is 11.8 Å². The second kappa shape index (κ2) is 5.79. The van der Waals surface area contributed by atoms with Crippen LogP contribution < -0.4 is 5.73 Å². The number of nitrogens with zero attached hydrogens (tertiary/aromatic N) is 3. The first-order valence-corrected chi connectivity index (χ1v) is 6.69. The predicted molar refractivity (Wildman–Crippen MR) is 67.5 cm³/mol. The highest BCUT2D eigenvalue weighted by Gasteiger charge is 2.15. The van der Waals surface area contributed by atoms with Crippen LogP contribution in [0.1, 0.15) is 18.4 Å². The monoisotopic (exact) mass is 250 g/mol. The zero-order valence-electron chi connectivity index (χ0n) is 9.54. The molecule has 2 rings (SSSR count). The largest absolute Gasteiger partial charge is 0.337 e. The van der Waals surface area contributed by atoms with E-state index in [1.165, 1.54) is 0 Å². The molecular formula is C11H14N4OS. The topological polar surface area (TPSA) is 77.8 Å². The fourth-order valence-corrected chi connectivity index (χ4v) is 1.86. The first kappa shape index (κ1) is 12.1. The summed E-state index contributed by atoms with van der Waals surface area (Å²) in [5.74, 6) is 2.00. The molecule has 2 N–H and O–H groups in total. The van der Waals surface area contributed by atoms with Gasteiger partial charge in [0, 0.05) is 18.0 Å². The van der Waals surface area contributed by atoms with Crippen molar-refractivity contribution in [2.24, 2.45) is 5.73 Å². The first-order chi connectivity index (χ1) is 8.31. The van der Waals surface area contributed by atoms with Gasteiger partial charge in [0.15, 0.2) is 0 Å². The summed E-state index contributed by atoms with van der Waals surface area (Å²) in [7, 11) is 0. The van der Waals surface area contributed by atoms with E-state index in [0.29, 0.717) is 11.7 Å². The molecule has 0 bridgehead atoms. The van der Waals surface area contributed by atoms with Crippen LogP contribution in [-0.4, -0.2) is 27.1 Å². The van der Waals surface area contributed by atoms with E-state index in [0.717, 1.165) is 17.7 Å². The third-order valence-corrected chi connectivity index (χ3v) is 2.96. The minimum absolute atomic E-state index is 0.194. The van der Waals surface area contributed by atoms with Crippen molar-refractivity contribution in [3.63, 3.8) is 0 Å².